The van der Waals surface area contributed by atoms with Gasteiger partial charge in [-0.25, -0.2) is 0 Å². The Morgan fingerprint density at radius 1 is 1.42 bits per heavy atom. The van der Waals surface area contributed by atoms with Crippen LogP contribution in [0, 0.1) is 0 Å². The van der Waals surface area contributed by atoms with Gasteiger partial charge in [0.05, 0.1) is 6.61 Å². The highest BCUT2D eigenvalue weighted by molar-refractivity contribution is 7.86. The molecule has 1 unspecified atom stereocenters. The quantitative estimate of drug-likeness (QED) is 0.656. The van der Waals surface area contributed by atoms with Gasteiger partial charge in [0.2, 0.25) is 0 Å². The third kappa shape index (κ3) is 3.90. The molecule has 1 aliphatic heterocycles. The monoisotopic (exact) mass is 292 g/mol. The summed E-state index contributed by atoms with van der Waals surface area (Å²) in [5.41, 5.74) is 0. The van der Waals surface area contributed by atoms with E-state index in [4.69, 9.17) is 4.74 Å². The molecule has 112 valence electrons. The van der Waals surface area contributed by atoms with E-state index in [1.165, 1.54) is 8.61 Å². The van der Waals surface area contributed by atoms with Crippen LogP contribution in [-0.4, -0.2) is 55.8 Å². The number of rotatable bonds is 7. The maximum absolute atomic E-state index is 12.4. The van der Waals surface area contributed by atoms with E-state index >= 15 is 0 Å². The first kappa shape index (κ1) is 16.4. The Morgan fingerprint density at radius 3 is 2.68 bits per heavy atom. The number of esters is 1. The lowest BCUT2D eigenvalue weighted by molar-refractivity contribution is -0.146. The van der Waals surface area contributed by atoms with Gasteiger partial charge in [-0.3, -0.25) is 4.79 Å². The Morgan fingerprint density at radius 2 is 2.11 bits per heavy atom. The number of nitrogens with zero attached hydrogens (tertiary/aromatic N) is 2. The Kier molecular flexibility index (Phi) is 6.22. The Labute approximate surface area is 115 Å². The van der Waals surface area contributed by atoms with Crippen molar-refractivity contribution in [3.05, 3.63) is 0 Å². The first-order valence-corrected chi connectivity index (χ1v) is 8.24. The highest BCUT2D eigenvalue weighted by Gasteiger charge is 2.41. The minimum Gasteiger partial charge on any atom is -0.465 e. The molecule has 1 rings (SSSR count). The Balaban J connectivity index is 2.78. The number of ether oxygens (including phenoxy) is 1. The summed E-state index contributed by atoms with van der Waals surface area (Å²) in [5, 5.41) is 0. The second-order valence-electron chi connectivity index (χ2n) is 4.70. The molecule has 0 amide bonds. The molecule has 1 fully saturated rings. The van der Waals surface area contributed by atoms with E-state index < -0.39 is 22.2 Å². The molecule has 1 aliphatic rings. The number of hydrogen-bond donors (Lipinski definition) is 0. The molecular formula is C12H24N2O4S. The normalized spacial score (nSPS) is 20.9. The second-order valence-corrected chi connectivity index (χ2v) is 6.69. The first-order valence-electron chi connectivity index (χ1n) is 6.84. The SMILES string of the molecule is CCCCN(C)S(=O)(=O)N1CCCC1C(=O)OCC. The van der Waals surface area contributed by atoms with Gasteiger partial charge in [0.1, 0.15) is 6.04 Å². The zero-order chi connectivity index (χ0) is 14.5. The molecule has 0 spiro atoms. The van der Waals surface area contributed by atoms with Crippen molar-refractivity contribution in [2.45, 2.75) is 45.6 Å². The fraction of sp³-hybridized carbons (Fsp3) is 0.917. The van der Waals surface area contributed by atoms with Crippen LogP contribution in [0.5, 0.6) is 0 Å². The summed E-state index contributed by atoms with van der Waals surface area (Å²) in [4.78, 5) is 11.8. The average Bonchev–Trinajstić information content (AvgIpc) is 2.85. The Hall–Kier alpha value is -0.660. The van der Waals surface area contributed by atoms with E-state index in [9.17, 15) is 13.2 Å². The zero-order valence-electron chi connectivity index (χ0n) is 12.0. The van der Waals surface area contributed by atoms with Gasteiger partial charge in [0.25, 0.3) is 10.2 Å². The fourth-order valence-corrected chi connectivity index (χ4v) is 3.76. The van der Waals surface area contributed by atoms with Crippen molar-refractivity contribution in [2.24, 2.45) is 0 Å². The van der Waals surface area contributed by atoms with Gasteiger partial charge in [-0.1, -0.05) is 13.3 Å². The molecular weight excluding hydrogens is 268 g/mol. The molecule has 0 aromatic rings. The van der Waals surface area contributed by atoms with Gasteiger partial charge in [-0.2, -0.15) is 17.0 Å². The van der Waals surface area contributed by atoms with Crippen molar-refractivity contribution in [2.75, 3.05) is 26.7 Å². The minimum atomic E-state index is -3.56. The van der Waals surface area contributed by atoms with Crippen molar-refractivity contribution < 1.29 is 17.9 Å². The molecule has 0 aromatic heterocycles. The van der Waals surface area contributed by atoms with Crippen LogP contribution in [-0.2, 0) is 19.7 Å². The first-order chi connectivity index (χ1) is 8.95. The molecule has 1 atom stereocenters. The molecule has 7 heteroatoms. The number of unbranched alkanes of at least 4 members (excludes halogenated alkanes) is 1. The van der Waals surface area contributed by atoms with Crippen molar-refractivity contribution in [3.8, 4) is 0 Å². The third-order valence-corrected chi connectivity index (χ3v) is 5.28. The van der Waals surface area contributed by atoms with E-state index in [0.717, 1.165) is 12.8 Å². The summed E-state index contributed by atoms with van der Waals surface area (Å²) in [6.07, 6.45) is 2.98. The Bertz CT molecular complexity index is 397. The van der Waals surface area contributed by atoms with Crippen LogP contribution >= 0.6 is 0 Å². The van der Waals surface area contributed by atoms with Crippen LogP contribution in [0.1, 0.15) is 39.5 Å². The molecule has 0 saturated carbocycles. The van der Waals surface area contributed by atoms with E-state index in [0.29, 0.717) is 25.9 Å². The molecule has 0 radical (unpaired) electrons. The largest absolute Gasteiger partial charge is 0.465 e. The summed E-state index contributed by atoms with van der Waals surface area (Å²) in [7, 11) is -2.00. The minimum absolute atomic E-state index is 0.273. The average molecular weight is 292 g/mol. The highest BCUT2D eigenvalue weighted by atomic mass is 32.2. The number of hydrogen-bond acceptors (Lipinski definition) is 4. The number of carbonyl (C=O) groups is 1. The van der Waals surface area contributed by atoms with E-state index in [1.807, 2.05) is 6.92 Å². The van der Waals surface area contributed by atoms with Crippen LogP contribution in [0.3, 0.4) is 0 Å². The topological polar surface area (TPSA) is 66.9 Å². The van der Waals surface area contributed by atoms with Gasteiger partial charge in [-0.05, 0) is 26.2 Å². The standard InChI is InChI=1S/C12H24N2O4S/c1-4-6-9-13(3)19(16,17)14-10-7-8-11(14)12(15)18-5-2/h11H,4-10H2,1-3H3. The lowest BCUT2D eigenvalue weighted by atomic mass is 10.2. The van der Waals surface area contributed by atoms with Gasteiger partial charge in [0.15, 0.2) is 0 Å². The molecule has 0 N–H and O–H groups in total. The second kappa shape index (κ2) is 7.21. The summed E-state index contributed by atoms with van der Waals surface area (Å²) < 4.78 is 32.4. The molecule has 0 aliphatic carbocycles. The van der Waals surface area contributed by atoms with Gasteiger partial charge in [-0.15, -0.1) is 0 Å². The smallest absolute Gasteiger partial charge is 0.324 e. The van der Waals surface area contributed by atoms with Crippen LogP contribution in [0.15, 0.2) is 0 Å². The lowest BCUT2D eigenvalue weighted by Gasteiger charge is -2.27. The van der Waals surface area contributed by atoms with Gasteiger partial charge >= 0.3 is 5.97 Å². The highest BCUT2D eigenvalue weighted by Crippen LogP contribution is 2.23. The fourth-order valence-electron chi connectivity index (χ4n) is 2.17. The molecule has 19 heavy (non-hydrogen) atoms. The van der Waals surface area contributed by atoms with Crippen LogP contribution in [0.4, 0.5) is 0 Å². The summed E-state index contributed by atoms with van der Waals surface area (Å²) in [5.74, 6) is -0.438. The molecule has 6 nitrogen and oxygen atoms in total. The maximum atomic E-state index is 12.4. The number of carbonyl (C=O) groups excluding carboxylic acids is 1. The summed E-state index contributed by atoms with van der Waals surface area (Å²) in [6.45, 7) is 4.87. The van der Waals surface area contributed by atoms with Crippen LogP contribution in [0.2, 0.25) is 0 Å². The maximum Gasteiger partial charge on any atom is 0.324 e. The van der Waals surface area contributed by atoms with E-state index in [-0.39, 0.29) is 6.61 Å². The van der Waals surface area contributed by atoms with Crippen LogP contribution < -0.4 is 0 Å². The third-order valence-electron chi connectivity index (χ3n) is 3.28. The lowest BCUT2D eigenvalue weighted by Crippen LogP contribution is -2.47. The van der Waals surface area contributed by atoms with Crippen molar-refractivity contribution in [1.82, 2.24) is 8.61 Å². The summed E-state index contributed by atoms with van der Waals surface area (Å²) >= 11 is 0. The van der Waals surface area contributed by atoms with Crippen molar-refractivity contribution in [3.63, 3.8) is 0 Å². The molecule has 1 heterocycles. The molecule has 1 saturated heterocycles. The predicted octanol–water partition coefficient (Wildman–Crippen LogP) is 0.991. The van der Waals surface area contributed by atoms with Gasteiger partial charge in [0, 0.05) is 20.1 Å². The predicted molar refractivity (Wildman–Crippen MR) is 72.8 cm³/mol. The van der Waals surface area contributed by atoms with Crippen LogP contribution in [0.25, 0.3) is 0 Å². The van der Waals surface area contributed by atoms with E-state index in [2.05, 4.69) is 0 Å². The summed E-state index contributed by atoms with van der Waals surface area (Å²) in [6, 6.07) is -0.658. The van der Waals surface area contributed by atoms with Crippen molar-refractivity contribution in [1.29, 1.82) is 0 Å². The molecule has 0 aromatic carbocycles. The van der Waals surface area contributed by atoms with Gasteiger partial charge < -0.3 is 4.74 Å². The molecule has 0 bridgehead atoms. The van der Waals surface area contributed by atoms with Crippen molar-refractivity contribution >= 4 is 16.2 Å². The zero-order valence-corrected chi connectivity index (χ0v) is 12.8. The van der Waals surface area contributed by atoms with E-state index in [1.54, 1.807) is 14.0 Å².